The first-order valence-electron chi connectivity index (χ1n) is 5.32. The molecule has 1 aliphatic heterocycles. The lowest BCUT2D eigenvalue weighted by Crippen LogP contribution is -1.97. The second kappa shape index (κ2) is 5.75. The highest BCUT2D eigenvalue weighted by Gasteiger charge is 2.02. The van der Waals surface area contributed by atoms with Gasteiger partial charge in [0, 0.05) is 11.6 Å². The molecule has 1 aromatic carbocycles. The molecule has 0 radical (unpaired) electrons. The van der Waals surface area contributed by atoms with Gasteiger partial charge < -0.3 is 4.74 Å². The quantitative estimate of drug-likeness (QED) is 0.700. The number of aliphatic imine (C=N–C) groups is 1. The Morgan fingerprint density at radius 1 is 1.18 bits per heavy atom. The van der Waals surface area contributed by atoms with Crippen LogP contribution in [0, 0.1) is 0 Å². The largest absolute Gasteiger partial charge is 0.474 e. The number of para-hydroxylation sites is 1. The zero-order valence-corrected chi connectivity index (χ0v) is 9.24. The maximum atomic E-state index is 9.75. The Hall–Kier alpha value is -2.23. The molecule has 4 heteroatoms. The Labute approximate surface area is 99.0 Å². The van der Waals surface area contributed by atoms with Crippen molar-refractivity contribution >= 4 is 23.1 Å². The van der Waals surface area contributed by atoms with Crippen LogP contribution in [0.15, 0.2) is 47.6 Å². The van der Waals surface area contributed by atoms with E-state index in [1.165, 1.54) is 5.39 Å². The molecular formula is C13H12N2O2. The van der Waals surface area contributed by atoms with Crippen molar-refractivity contribution in [2.45, 2.75) is 0 Å². The summed E-state index contributed by atoms with van der Waals surface area (Å²) in [6, 6.07) is 12.1. The van der Waals surface area contributed by atoms with Crippen LogP contribution in [0.1, 0.15) is 0 Å². The summed E-state index contributed by atoms with van der Waals surface area (Å²) in [5.41, 5.74) is 1.06. The van der Waals surface area contributed by atoms with Gasteiger partial charge in [0.2, 0.25) is 12.2 Å². The van der Waals surface area contributed by atoms with Gasteiger partial charge in [-0.25, -0.2) is 4.99 Å². The summed E-state index contributed by atoms with van der Waals surface area (Å²) >= 11 is 0. The van der Waals surface area contributed by atoms with Crippen molar-refractivity contribution in [3.05, 3.63) is 42.6 Å². The SMILES string of the molecule is O=CC1=NCCO1.c1ccc2ncccc2c1. The van der Waals surface area contributed by atoms with Gasteiger partial charge in [0.1, 0.15) is 6.61 Å². The van der Waals surface area contributed by atoms with Gasteiger partial charge in [-0.15, -0.1) is 0 Å². The minimum absolute atomic E-state index is 0.236. The molecule has 0 N–H and O–H groups in total. The van der Waals surface area contributed by atoms with E-state index >= 15 is 0 Å². The number of nitrogens with zero attached hydrogens (tertiary/aromatic N) is 2. The summed E-state index contributed by atoms with van der Waals surface area (Å²) in [5, 5.41) is 1.20. The number of aldehydes is 1. The van der Waals surface area contributed by atoms with E-state index in [9.17, 15) is 4.79 Å². The molecule has 0 unspecified atom stereocenters. The zero-order chi connectivity index (χ0) is 11.9. The molecule has 2 heterocycles. The fraction of sp³-hybridized carbons (Fsp3) is 0.154. The Morgan fingerprint density at radius 2 is 2.00 bits per heavy atom. The van der Waals surface area contributed by atoms with Gasteiger partial charge in [-0.2, -0.15) is 0 Å². The third-order valence-corrected chi connectivity index (χ3v) is 2.22. The highest BCUT2D eigenvalue weighted by molar-refractivity contribution is 6.24. The van der Waals surface area contributed by atoms with Gasteiger partial charge in [-0.3, -0.25) is 9.78 Å². The number of ether oxygens (including phenoxy) is 1. The molecule has 1 aromatic heterocycles. The van der Waals surface area contributed by atoms with Crippen LogP contribution < -0.4 is 0 Å². The standard InChI is InChI=1S/C9H7N.C4H5NO2/c1-2-6-9-8(4-1)5-3-7-10-9;6-3-4-5-1-2-7-4/h1-7H;3H,1-2H2. The van der Waals surface area contributed by atoms with Crippen molar-refractivity contribution in [2.24, 2.45) is 4.99 Å². The normalized spacial score (nSPS) is 13.3. The molecule has 0 fully saturated rings. The van der Waals surface area contributed by atoms with E-state index in [4.69, 9.17) is 0 Å². The lowest BCUT2D eigenvalue weighted by Gasteiger charge is -1.91. The summed E-state index contributed by atoms with van der Waals surface area (Å²) < 4.78 is 4.68. The van der Waals surface area contributed by atoms with Gasteiger partial charge in [0.05, 0.1) is 12.1 Å². The third kappa shape index (κ3) is 3.11. The second-order valence-corrected chi connectivity index (χ2v) is 3.38. The van der Waals surface area contributed by atoms with E-state index in [-0.39, 0.29) is 5.90 Å². The first kappa shape index (κ1) is 11.3. The van der Waals surface area contributed by atoms with E-state index in [0.29, 0.717) is 19.4 Å². The van der Waals surface area contributed by atoms with Crippen molar-refractivity contribution in [1.29, 1.82) is 0 Å². The van der Waals surface area contributed by atoms with Gasteiger partial charge in [-0.05, 0) is 12.1 Å². The lowest BCUT2D eigenvalue weighted by molar-refractivity contribution is -0.103. The summed E-state index contributed by atoms with van der Waals surface area (Å²) in [7, 11) is 0. The van der Waals surface area contributed by atoms with E-state index < -0.39 is 0 Å². The topological polar surface area (TPSA) is 51.5 Å². The number of pyridine rings is 1. The number of rotatable bonds is 1. The average molecular weight is 228 g/mol. The molecular weight excluding hydrogens is 216 g/mol. The maximum absolute atomic E-state index is 9.75. The molecule has 17 heavy (non-hydrogen) atoms. The molecule has 0 amide bonds. The van der Waals surface area contributed by atoms with Crippen LogP contribution in [0.4, 0.5) is 0 Å². The van der Waals surface area contributed by atoms with Crippen molar-refractivity contribution in [2.75, 3.05) is 13.2 Å². The van der Waals surface area contributed by atoms with Crippen LogP contribution in [0.3, 0.4) is 0 Å². The van der Waals surface area contributed by atoms with Gasteiger partial charge in [0.25, 0.3) is 0 Å². The molecule has 2 aromatic rings. The van der Waals surface area contributed by atoms with E-state index in [2.05, 4.69) is 26.8 Å². The molecule has 0 atom stereocenters. The fourth-order valence-corrected chi connectivity index (χ4v) is 1.44. The number of hydrogen-bond acceptors (Lipinski definition) is 4. The van der Waals surface area contributed by atoms with E-state index in [1.807, 2.05) is 30.5 Å². The molecule has 0 saturated heterocycles. The highest BCUT2D eigenvalue weighted by atomic mass is 16.5. The van der Waals surface area contributed by atoms with E-state index in [0.717, 1.165) is 5.52 Å². The van der Waals surface area contributed by atoms with E-state index in [1.54, 1.807) is 0 Å². The number of carbonyl (C=O) groups is 1. The second-order valence-electron chi connectivity index (χ2n) is 3.38. The van der Waals surface area contributed by atoms with Crippen LogP contribution in [0.2, 0.25) is 0 Å². The Kier molecular flexibility index (Phi) is 3.81. The fourth-order valence-electron chi connectivity index (χ4n) is 1.44. The average Bonchev–Trinajstić information content (AvgIpc) is 2.93. The third-order valence-electron chi connectivity index (χ3n) is 2.22. The summed E-state index contributed by atoms with van der Waals surface area (Å²) in [6.45, 7) is 1.20. The van der Waals surface area contributed by atoms with Crippen LogP contribution >= 0.6 is 0 Å². The molecule has 0 saturated carbocycles. The first-order valence-corrected chi connectivity index (χ1v) is 5.32. The minimum Gasteiger partial charge on any atom is -0.474 e. The molecule has 1 aliphatic rings. The maximum Gasteiger partial charge on any atom is 0.250 e. The summed E-state index contributed by atoms with van der Waals surface area (Å²) in [6.07, 6.45) is 2.43. The van der Waals surface area contributed by atoms with Gasteiger partial charge >= 0.3 is 0 Å². The monoisotopic (exact) mass is 228 g/mol. The molecule has 4 nitrogen and oxygen atoms in total. The van der Waals surface area contributed by atoms with Crippen LogP contribution in [0.5, 0.6) is 0 Å². The van der Waals surface area contributed by atoms with Crippen molar-refractivity contribution < 1.29 is 9.53 Å². The number of fused-ring (bicyclic) bond motifs is 1. The number of benzene rings is 1. The van der Waals surface area contributed by atoms with Crippen LogP contribution in [-0.2, 0) is 9.53 Å². The smallest absolute Gasteiger partial charge is 0.250 e. The number of hydrogen-bond donors (Lipinski definition) is 0. The molecule has 0 spiro atoms. The number of carbonyl (C=O) groups excluding carboxylic acids is 1. The summed E-state index contributed by atoms with van der Waals surface area (Å²) in [5.74, 6) is 0.236. The highest BCUT2D eigenvalue weighted by Crippen LogP contribution is 2.07. The Bertz CT molecular complexity index is 472. The Morgan fingerprint density at radius 3 is 2.65 bits per heavy atom. The van der Waals surface area contributed by atoms with Crippen LogP contribution in [0.25, 0.3) is 10.9 Å². The summed E-state index contributed by atoms with van der Waals surface area (Å²) in [4.78, 5) is 17.6. The zero-order valence-electron chi connectivity index (χ0n) is 9.24. The molecule has 86 valence electrons. The van der Waals surface area contributed by atoms with Gasteiger partial charge in [-0.1, -0.05) is 24.3 Å². The molecule has 3 rings (SSSR count). The molecule has 0 bridgehead atoms. The van der Waals surface area contributed by atoms with Crippen LogP contribution in [-0.4, -0.2) is 30.3 Å². The molecule has 0 aliphatic carbocycles. The minimum atomic E-state index is 0.236. The predicted octanol–water partition coefficient (Wildman–Crippen LogP) is 1.85. The lowest BCUT2D eigenvalue weighted by atomic mass is 10.2. The Balaban J connectivity index is 0.000000136. The van der Waals surface area contributed by atoms with Crippen molar-refractivity contribution in [1.82, 2.24) is 4.98 Å². The van der Waals surface area contributed by atoms with Gasteiger partial charge in [0.15, 0.2) is 0 Å². The number of aromatic nitrogens is 1. The van der Waals surface area contributed by atoms with Crippen molar-refractivity contribution in [3.63, 3.8) is 0 Å². The predicted molar refractivity (Wildman–Crippen MR) is 66.1 cm³/mol. The first-order chi connectivity index (χ1) is 8.40. The van der Waals surface area contributed by atoms with Crippen molar-refractivity contribution in [3.8, 4) is 0 Å².